The lowest BCUT2D eigenvalue weighted by Gasteiger charge is -2.28. The average molecular weight is 675 g/mol. The second-order valence-corrected chi connectivity index (χ2v) is 11.5. The first kappa shape index (κ1) is 25.1. The van der Waals surface area contributed by atoms with Gasteiger partial charge in [-0.1, -0.05) is 74.1 Å². The first-order valence-corrected chi connectivity index (χ1v) is 15.7. The van der Waals surface area contributed by atoms with Crippen LogP contribution >= 0.6 is 11.8 Å². The first-order valence-electron chi connectivity index (χ1n) is 18.9. The van der Waals surface area contributed by atoms with Crippen molar-refractivity contribution in [2.45, 2.75) is 63.2 Å². The molecule has 3 aromatic carbocycles. The molecule has 248 valence electrons. The number of benzene rings is 3. The van der Waals surface area contributed by atoms with Crippen LogP contribution in [0.5, 0.6) is 0 Å². The lowest BCUT2D eigenvalue weighted by Crippen LogP contribution is -2.40. The maximum absolute atomic E-state index is 14.7. The summed E-state index contributed by atoms with van der Waals surface area (Å²) in [5.74, 6) is -2.05. The first-order chi connectivity index (χ1) is 25.5. The normalized spacial score (nSPS) is 16.6. The molecule has 47 heavy (non-hydrogen) atoms. The highest BCUT2D eigenvalue weighted by Crippen LogP contribution is 2.31. The van der Waals surface area contributed by atoms with Crippen LogP contribution in [0, 0.1) is 5.82 Å². The van der Waals surface area contributed by atoms with E-state index in [2.05, 4.69) is 4.98 Å². The van der Waals surface area contributed by atoms with E-state index < -0.39 is 72.5 Å². The van der Waals surface area contributed by atoms with E-state index in [0.29, 0.717) is 39.8 Å². The number of fused-ring (bicyclic) bond motifs is 1. The molecule has 1 aromatic heterocycles. The Labute approximate surface area is 287 Å². The summed E-state index contributed by atoms with van der Waals surface area (Å²) >= 11 is 0.336. The van der Waals surface area contributed by atoms with Gasteiger partial charge in [0.1, 0.15) is 12.3 Å². The third kappa shape index (κ3) is 8.70. The molecule has 0 spiro atoms. The van der Waals surface area contributed by atoms with E-state index >= 15 is 0 Å². The largest absolute Gasteiger partial charge is 0.416 e. The molecule has 1 amide bonds. The Balaban J connectivity index is 1.58. The number of alkyl halides is 3. The number of thioether (sulfide) groups is 1. The van der Waals surface area contributed by atoms with Crippen LogP contribution in [0.2, 0.25) is 0 Å². The summed E-state index contributed by atoms with van der Waals surface area (Å²) in [7, 11) is 0. The van der Waals surface area contributed by atoms with Gasteiger partial charge in [-0.25, -0.2) is 4.39 Å². The number of likely N-dealkylation sites (N-methyl/N-ethyl adjacent to an activating group) is 1. The highest BCUT2D eigenvalue weighted by Gasteiger charge is 2.30. The Hall–Kier alpha value is -3.96. The van der Waals surface area contributed by atoms with Crippen LogP contribution in [-0.4, -0.2) is 51.3 Å². The number of nitrogens with zero attached hydrogens (tertiary/aromatic N) is 4. The van der Waals surface area contributed by atoms with E-state index in [4.69, 9.17) is 8.22 Å². The SMILES string of the molecule is [2H]C([2H])(Sc1nc(=O)c2c(n1C([2H])([2H])C(=O)N(Cc1ccc(-c3ccc(C(F)(F)F)cc3)cc1)C([2H])([2H])CN(CC)C([2H])([2H])C)CCC2)c1ccc(F)cc1. The molecule has 0 saturated heterocycles. The van der Waals surface area contributed by atoms with Gasteiger partial charge >= 0.3 is 6.18 Å². The molecule has 0 aliphatic heterocycles. The smallest absolute Gasteiger partial charge is 0.336 e. The molecular formula is C36H38F4N4O2S. The Morgan fingerprint density at radius 1 is 0.957 bits per heavy atom. The number of aromatic nitrogens is 2. The van der Waals surface area contributed by atoms with Crippen molar-refractivity contribution in [2.75, 3.05) is 26.1 Å². The van der Waals surface area contributed by atoms with E-state index in [1.54, 1.807) is 19.1 Å². The van der Waals surface area contributed by atoms with E-state index in [1.807, 2.05) is 0 Å². The Morgan fingerprint density at radius 2 is 1.60 bits per heavy atom. The maximum Gasteiger partial charge on any atom is 0.416 e. The quantitative estimate of drug-likeness (QED) is 0.0852. The average Bonchev–Trinajstić information content (AvgIpc) is 3.59. The standard InChI is InChI=1S/C36H38F4N4O2S/c1-3-42(4-2)20-21-43(22-25-8-12-27(13-9-25)28-14-16-29(17-15-28)36(38,39)40)33(45)23-44-32-7-5-6-31(32)34(46)41-35(44)47-24-26-10-18-30(37)19-11-26/h8-19H,3-7,20-24H2,1-2H3/i3D2,21D2,23D2,24D2. The molecule has 0 radical (unpaired) electrons. The van der Waals surface area contributed by atoms with Crippen molar-refractivity contribution in [3.8, 4) is 11.1 Å². The number of halogens is 4. The van der Waals surface area contributed by atoms with Crippen LogP contribution in [-0.2, 0) is 42.6 Å². The number of hydrogen-bond acceptors (Lipinski definition) is 5. The third-order valence-electron chi connectivity index (χ3n) is 7.65. The Morgan fingerprint density at radius 3 is 2.21 bits per heavy atom. The van der Waals surface area contributed by atoms with Crippen molar-refractivity contribution >= 4 is 17.7 Å². The van der Waals surface area contributed by atoms with Crippen molar-refractivity contribution in [1.29, 1.82) is 0 Å². The topological polar surface area (TPSA) is 58.4 Å². The van der Waals surface area contributed by atoms with Crippen molar-refractivity contribution < 1.29 is 33.3 Å². The summed E-state index contributed by atoms with van der Waals surface area (Å²) in [5, 5.41) is -0.500. The fraction of sp³-hybridized carbons (Fsp3) is 0.361. The molecule has 1 aliphatic rings. The molecule has 1 heterocycles. The second-order valence-electron chi connectivity index (χ2n) is 10.7. The summed E-state index contributed by atoms with van der Waals surface area (Å²) in [6, 6.07) is 15.0. The fourth-order valence-electron chi connectivity index (χ4n) is 5.04. The molecule has 4 aromatic rings. The zero-order chi connectivity index (χ0) is 40.7. The molecule has 11 heteroatoms. The fourth-order valence-corrected chi connectivity index (χ4v) is 5.76. The lowest BCUT2D eigenvalue weighted by molar-refractivity contribution is -0.137. The number of carbonyl (C=O) groups is 1. The highest BCUT2D eigenvalue weighted by molar-refractivity contribution is 7.98. The molecule has 0 saturated carbocycles. The van der Waals surface area contributed by atoms with E-state index in [9.17, 15) is 29.9 Å². The van der Waals surface area contributed by atoms with Crippen molar-refractivity contribution in [3.05, 3.63) is 117 Å². The van der Waals surface area contributed by atoms with Gasteiger partial charge in [-0.2, -0.15) is 18.2 Å². The number of rotatable bonds is 13. The third-order valence-corrected chi connectivity index (χ3v) is 8.45. The molecule has 0 unspecified atom stereocenters. The Kier molecular flexibility index (Phi) is 8.17. The van der Waals surface area contributed by atoms with E-state index in [-0.39, 0.29) is 36.2 Å². The van der Waals surface area contributed by atoms with Crippen LogP contribution in [0.15, 0.2) is 82.7 Å². The van der Waals surface area contributed by atoms with E-state index in [0.717, 1.165) is 33.7 Å². The van der Waals surface area contributed by atoms with Crippen molar-refractivity contribution in [2.24, 2.45) is 0 Å². The van der Waals surface area contributed by atoms with Gasteiger partial charge in [-0.05, 0) is 78.8 Å². The molecule has 0 N–H and O–H groups in total. The highest BCUT2D eigenvalue weighted by atomic mass is 32.2. The molecule has 1 aliphatic carbocycles. The van der Waals surface area contributed by atoms with Crippen LogP contribution < -0.4 is 5.56 Å². The summed E-state index contributed by atoms with van der Waals surface area (Å²) in [5.41, 5.74) is -2.50. The van der Waals surface area contributed by atoms with Gasteiger partial charge in [0, 0.05) is 42.0 Å². The zero-order valence-corrected chi connectivity index (χ0v) is 26.5. The predicted molar refractivity (Wildman–Crippen MR) is 177 cm³/mol. The summed E-state index contributed by atoms with van der Waals surface area (Å²) < 4.78 is 125. The van der Waals surface area contributed by atoms with Crippen LogP contribution in [0.1, 0.15) is 59.2 Å². The predicted octanol–water partition coefficient (Wildman–Crippen LogP) is 7.22. The minimum Gasteiger partial charge on any atom is -0.336 e. The van der Waals surface area contributed by atoms with Gasteiger partial charge in [-0.15, -0.1) is 0 Å². The van der Waals surface area contributed by atoms with Gasteiger partial charge in [0.15, 0.2) is 5.16 Å². The van der Waals surface area contributed by atoms with Crippen molar-refractivity contribution in [3.63, 3.8) is 0 Å². The monoisotopic (exact) mass is 674 g/mol. The van der Waals surface area contributed by atoms with Crippen LogP contribution in [0.3, 0.4) is 0 Å². The lowest BCUT2D eigenvalue weighted by atomic mass is 10.0. The molecule has 5 rings (SSSR count). The van der Waals surface area contributed by atoms with Gasteiger partial charge < -0.3 is 14.4 Å². The molecular weight excluding hydrogens is 628 g/mol. The van der Waals surface area contributed by atoms with Gasteiger partial charge in [-0.3, -0.25) is 9.59 Å². The van der Waals surface area contributed by atoms with E-state index in [1.165, 1.54) is 43.3 Å². The maximum atomic E-state index is 14.7. The minimum atomic E-state index is -4.52. The number of carbonyl (C=O) groups excluding carboxylic acids is 1. The minimum absolute atomic E-state index is 0.0240. The zero-order valence-electron chi connectivity index (χ0n) is 33.7. The summed E-state index contributed by atoms with van der Waals surface area (Å²) in [4.78, 5) is 33.6. The van der Waals surface area contributed by atoms with Gasteiger partial charge in [0.2, 0.25) is 5.91 Å². The molecule has 0 bridgehead atoms. The van der Waals surface area contributed by atoms with Crippen LogP contribution in [0.25, 0.3) is 11.1 Å². The number of hydrogen-bond donors (Lipinski definition) is 0. The number of amides is 1. The molecule has 0 fully saturated rings. The van der Waals surface area contributed by atoms with Gasteiger partial charge in [0.05, 0.1) is 11.0 Å². The summed E-state index contributed by atoms with van der Waals surface area (Å²) in [6.45, 7) is -6.37. The Bertz CT molecular complexity index is 2080. The molecule has 6 nitrogen and oxygen atoms in total. The molecule has 0 atom stereocenters. The second kappa shape index (κ2) is 15.3. The van der Waals surface area contributed by atoms with Gasteiger partial charge in [0.25, 0.3) is 5.56 Å². The summed E-state index contributed by atoms with van der Waals surface area (Å²) in [6.07, 6.45) is -3.77. The van der Waals surface area contributed by atoms with Crippen molar-refractivity contribution in [1.82, 2.24) is 19.4 Å². The van der Waals surface area contributed by atoms with Crippen LogP contribution in [0.4, 0.5) is 17.6 Å².